The summed E-state index contributed by atoms with van der Waals surface area (Å²) in [5, 5.41) is 21.9. The van der Waals surface area contributed by atoms with Gasteiger partial charge in [0.1, 0.15) is 11.9 Å². The summed E-state index contributed by atoms with van der Waals surface area (Å²) < 4.78 is 39.4. The van der Waals surface area contributed by atoms with Crippen molar-refractivity contribution in [2.45, 2.75) is 18.6 Å². The summed E-state index contributed by atoms with van der Waals surface area (Å²) in [4.78, 5) is 0. The van der Waals surface area contributed by atoms with E-state index in [2.05, 4.69) is 10.1 Å². The maximum absolute atomic E-state index is 11.9. The number of benzene rings is 1. The summed E-state index contributed by atoms with van der Waals surface area (Å²) in [5.74, 6) is -0.374. The van der Waals surface area contributed by atoms with Gasteiger partial charge >= 0.3 is 6.36 Å². The molecule has 0 aliphatic rings. The van der Waals surface area contributed by atoms with Crippen molar-refractivity contribution in [3.8, 4) is 5.75 Å². The van der Waals surface area contributed by atoms with Gasteiger partial charge in [0.25, 0.3) is 0 Å². The number of hydrogen-bond acceptors (Lipinski definition) is 4. The summed E-state index contributed by atoms with van der Waals surface area (Å²) in [5.41, 5.74) is 0.312. The molecule has 7 heteroatoms. The lowest BCUT2D eigenvalue weighted by atomic mass is 10.0. The second kappa shape index (κ2) is 6.03. The van der Waals surface area contributed by atoms with Crippen LogP contribution < -0.4 is 10.1 Å². The van der Waals surface area contributed by atoms with Gasteiger partial charge in [-0.3, -0.25) is 0 Å². The molecule has 3 N–H and O–H groups in total. The third kappa shape index (κ3) is 4.52. The van der Waals surface area contributed by atoms with E-state index in [4.69, 9.17) is 0 Å². The van der Waals surface area contributed by atoms with E-state index in [9.17, 15) is 23.4 Å². The highest BCUT2D eigenvalue weighted by atomic mass is 19.4. The lowest BCUT2D eigenvalue weighted by Gasteiger charge is -2.18. The van der Waals surface area contributed by atoms with E-state index in [1.807, 2.05) is 0 Å². The first kappa shape index (κ1) is 14.7. The van der Waals surface area contributed by atoms with Gasteiger partial charge < -0.3 is 20.3 Å². The zero-order valence-corrected chi connectivity index (χ0v) is 9.61. The summed E-state index contributed by atoms with van der Waals surface area (Å²) in [6.07, 6.45) is -6.95. The number of aliphatic hydroxyl groups is 2. The van der Waals surface area contributed by atoms with Gasteiger partial charge in [0, 0.05) is 6.54 Å². The summed E-state index contributed by atoms with van der Waals surface area (Å²) >= 11 is 0. The zero-order chi connectivity index (χ0) is 13.8. The van der Waals surface area contributed by atoms with E-state index in [0.717, 1.165) is 12.1 Å². The highest BCUT2D eigenvalue weighted by Gasteiger charge is 2.31. The number of rotatable bonds is 5. The number of aliphatic hydroxyl groups excluding tert-OH is 2. The number of alkyl halides is 3. The number of nitrogens with one attached hydrogen (secondary N) is 1. The van der Waals surface area contributed by atoms with Crippen LogP contribution in [-0.4, -0.2) is 36.3 Å². The molecule has 0 saturated heterocycles. The molecule has 0 aromatic heterocycles. The second-order valence-corrected chi connectivity index (χ2v) is 3.69. The Morgan fingerprint density at radius 1 is 1.22 bits per heavy atom. The third-order valence-corrected chi connectivity index (χ3v) is 2.23. The van der Waals surface area contributed by atoms with Crippen LogP contribution in [-0.2, 0) is 0 Å². The fourth-order valence-corrected chi connectivity index (χ4v) is 1.41. The molecule has 0 aliphatic carbocycles. The normalized spacial score (nSPS) is 15.2. The molecule has 18 heavy (non-hydrogen) atoms. The van der Waals surface area contributed by atoms with Gasteiger partial charge in [0.05, 0.1) is 6.10 Å². The van der Waals surface area contributed by atoms with Gasteiger partial charge in [-0.1, -0.05) is 12.1 Å². The van der Waals surface area contributed by atoms with Crippen LogP contribution in [0.1, 0.15) is 11.7 Å². The standard InChI is InChI=1S/C11H14F3NO3/c1-15-6-9(16)10(17)7-2-4-8(5-3-7)18-11(12,13)14/h2-5,9-10,15-17H,6H2,1H3. The van der Waals surface area contributed by atoms with Crippen molar-refractivity contribution in [2.75, 3.05) is 13.6 Å². The Balaban J connectivity index is 2.70. The summed E-state index contributed by atoms with van der Waals surface area (Å²) in [7, 11) is 1.61. The van der Waals surface area contributed by atoms with Crippen molar-refractivity contribution < 1.29 is 28.1 Å². The van der Waals surface area contributed by atoms with Crippen molar-refractivity contribution in [1.29, 1.82) is 0 Å². The topological polar surface area (TPSA) is 61.7 Å². The summed E-state index contributed by atoms with van der Waals surface area (Å²) in [6, 6.07) is 4.70. The first-order valence-electron chi connectivity index (χ1n) is 5.20. The van der Waals surface area contributed by atoms with E-state index in [-0.39, 0.29) is 12.3 Å². The van der Waals surface area contributed by atoms with Crippen molar-refractivity contribution in [1.82, 2.24) is 5.32 Å². The maximum atomic E-state index is 11.9. The second-order valence-electron chi connectivity index (χ2n) is 3.69. The highest BCUT2D eigenvalue weighted by molar-refractivity contribution is 5.29. The minimum Gasteiger partial charge on any atom is -0.406 e. The van der Waals surface area contributed by atoms with E-state index < -0.39 is 18.6 Å². The molecule has 0 aliphatic heterocycles. The van der Waals surface area contributed by atoms with Gasteiger partial charge in [-0.2, -0.15) is 0 Å². The number of hydrogen-bond donors (Lipinski definition) is 3. The maximum Gasteiger partial charge on any atom is 0.573 e. The van der Waals surface area contributed by atoms with Crippen LogP contribution in [0.5, 0.6) is 5.75 Å². The molecule has 0 saturated carbocycles. The first-order valence-corrected chi connectivity index (χ1v) is 5.20. The fraction of sp³-hybridized carbons (Fsp3) is 0.455. The largest absolute Gasteiger partial charge is 0.573 e. The molecule has 0 heterocycles. The molecule has 0 bridgehead atoms. The van der Waals surface area contributed by atoms with Crippen molar-refractivity contribution >= 4 is 0 Å². The van der Waals surface area contributed by atoms with Gasteiger partial charge in [-0.05, 0) is 24.7 Å². The molecular formula is C11H14F3NO3. The predicted octanol–water partition coefficient (Wildman–Crippen LogP) is 1.20. The van der Waals surface area contributed by atoms with E-state index in [0.29, 0.717) is 5.56 Å². The van der Waals surface area contributed by atoms with Crippen LogP contribution in [0.3, 0.4) is 0 Å². The monoisotopic (exact) mass is 265 g/mol. The molecule has 1 aromatic carbocycles. The first-order chi connectivity index (χ1) is 8.33. The minimum absolute atomic E-state index is 0.169. The number of ether oxygens (including phenoxy) is 1. The van der Waals surface area contributed by atoms with Crippen LogP contribution in [0.2, 0.25) is 0 Å². The van der Waals surface area contributed by atoms with E-state index in [1.54, 1.807) is 7.05 Å². The van der Waals surface area contributed by atoms with E-state index in [1.165, 1.54) is 12.1 Å². The van der Waals surface area contributed by atoms with Crippen molar-refractivity contribution in [3.05, 3.63) is 29.8 Å². The molecule has 0 amide bonds. The van der Waals surface area contributed by atoms with Gasteiger partial charge in [0.2, 0.25) is 0 Å². The average molecular weight is 265 g/mol. The Bertz CT molecular complexity index is 367. The molecule has 1 rings (SSSR count). The van der Waals surface area contributed by atoms with Gasteiger partial charge in [0.15, 0.2) is 0 Å². The SMILES string of the molecule is CNCC(O)C(O)c1ccc(OC(F)(F)F)cc1. The summed E-state index contributed by atoms with van der Waals surface area (Å²) in [6.45, 7) is 0.169. The lowest BCUT2D eigenvalue weighted by Crippen LogP contribution is -2.29. The predicted molar refractivity (Wildman–Crippen MR) is 58.0 cm³/mol. The number of halogens is 3. The van der Waals surface area contributed by atoms with Crippen LogP contribution in [0.15, 0.2) is 24.3 Å². The molecular weight excluding hydrogens is 251 g/mol. The van der Waals surface area contributed by atoms with Gasteiger partial charge in [-0.15, -0.1) is 13.2 Å². The smallest absolute Gasteiger partial charge is 0.406 e. The van der Waals surface area contributed by atoms with Crippen LogP contribution >= 0.6 is 0 Å². The van der Waals surface area contributed by atoms with Crippen LogP contribution in [0.4, 0.5) is 13.2 Å². The molecule has 4 nitrogen and oxygen atoms in total. The quantitative estimate of drug-likeness (QED) is 0.748. The molecule has 0 radical (unpaired) electrons. The van der Waals surface area contributed by atoms with Crippen molar-refractivity contribution in [2.24, 2.45) is 0 Å². The van der Waals surface area contributed by atoms with Crippen LogP contribution in [0.25, 0.3) is 0 Å². The van der Waals surface area contributed by atoms with Crippen molar-refractivity contribution in [3.63, 3.8) is 0 Å². The molecule has 2 atom stereocenters. The highest BCUT2D eigenvalue weighted by Crippen LogP contribution is 2.25. The Morgan fingerprint density at radius 2 is 1.78 bits per heavy atom. The average Bonchev–Trinajstić information content (AvgIpc) is 2.27. The fourth-order valence-electron chi connectivity index (χ4n) is 1.41. The zero-order valence-electron chi connectivity index (χ0n) is 9.61. The molecule has 0 fully saturated rings. The Morgan fingerprint density at radius 3 is 2.22 bits per heavy atom. The van der Waals surface area contributed by atoms with E-state index >= 15 is 0 Å². The van der Waals surface area contributed by atoms with Crippen LogP contribution in [0, 0.1) is 0 Å². The molecule has 102 valence electrons. The minimum atomic E-state index is -4.74. The molecule has 2 unspecified atom stereocenters. The Hall–Kier alpha value is -1.31. The lowest BCUT2D eigenvalue weighted by molar-refractivity contribution is -0.274. The number of likely N-dealkylation sites (N-methyl/N-ethyl adjacent to an activating group) is 1. The Kier molecular flexibility index (Phi) is 4.94. The Labute approximate surface area is 102 Å². The molecule has 1 aromatic rings. The van der Waals surface area contributed by atoms with Gasteiger partial charge in [-0.25, -0.2) is 0 Å². The molecule has 0 spiro atoms. The third-order valence-electron chi connectivity index (χ3n) is 2.23.